The highest BCUT2D eigenvalue weighted by Crippen LogP contribution is 2.27. The molecule has 8 nitrogen and oxygen atoms in total. The Labute approximate surface area is 129 Å². The standard InChI is InChI=1S/C13H15F2N5O3/c1-8(2)16-22-7-9-10(20-13(21)19(3)17-18-20)5-4-6-11(9)23-12(14)15/h4-6,12H,7H2,1-3H3. The third kappa shape index (κ3) is 3.90. The number of hydrogen-bond acceptors (Lipinski definition) is 6. The van der Waals surface area contributed by atoms with E-state index in [1.165, 1.54) is 25.2 Å². The van der Waals surface area contributed by atoms with Crippen LogP contribution in [0.15, 0.2) is 28.1 Å². The van der Waals surface area contributed by atoms with Crippen LogP contribution in [0.1, 0.15) is 19.4 Å². The molecule has 0 fully saturated rings. The minimum Gasteiger partial charge on any atom is -0.434 e. The predicted octanol–water partition coefficient (Wildman–Crippen LogP) is 1.48. The third-order valence-electron chi connectivity index (χ3n) is 2.73. The molecule has 0 radical (unpaired) electrons. The lowest BCUT2D eigenvalue weighted by atomic mass is 10.1. The summed E-state index contributed by atoms with van der Waals surface area (Å²) in [6, 6.07) is 4.33. The predicted molar refractivity (Wildman–Crippen MR) is 76.8 cm³/mol. The number of oxime groups is 1. The van der Waals surface area contributed by atoms with Gasteiger partial charge in [0.15, 0.2) is 0 Å². The first-order valence-electron chi connectivity index (χ1n) is 6.59. The van der Waals surface area contributed by atoms with Crippen LogP contribution < -0.4 is 10.4 Å². The molecule has 1 aromatic carbocycles. The molecular weight excluding hydrogens is 312 g/mol. The summed E-state index contributed by atoms with van der Waals surface area (Å²) in [5.41, 5.74) is 0.553. The van der Waals surface area contributed by atoms with Crippen LogP contribution >= 0.6 is 0 Å². The van der Waals surface area contributed by atoms with Gasteiger partial charge in [-0.25, -0.2) is 4.79 Å². The summed E-state index contributed by atoms with van der Waals surface area (Å²) in [4.78, 5) is 17.1. The number of aryl methyl sites for hydroxylation is 1. The van der Waals surface area contributed by atoms with E-state index >= 15 is 0 Å². The Morgan fingerprint density at radius 3 is 2.65 bits per heavy atom. The second-order valence-electron chi connectivity index (χ2n) is 4.74. The van der Waals surface area contributed by atoms with Crippen LogP contribution in [0, 0.1) is 0 Å². The molecule has 23 heavy (non-hydrogen) atoms. The van der Waals surface area contributed by atoms with E-state index < -0.39 is 12.3 Å². The molecule has 1 aromatic heterocycles. The highest BCUT2D eigenvalue weighted by Gasteiger charge is 2.18. The Hall–Kier alpha value is -2.78. The molecule has 0 aliphatic carbocycles. The Kier molecular flexibility index (Phi) is 5.04. The van der Waals surface area contributed by atoms with Crippen molar-refractivity contribution in [2.24, 2.45) is 12.2 Å². The number of halogens is 2. The van der Waals surface area contributed by atoms with Crippen molar-refractivity contribution in [2.45, 2.75) is 27.1 Å². The summed E-state index contributed by atoms with van der Waals surface area (Å²) in [6.45, 7) is 0.247. The monoisotopic (exact) mass is 327 g/mol. The fraction of sp³-hybridized carbons (Fsp3) is 0.385. The molecule has 0 atom stereocenters. The van der Waals surface area contributed by atoms with Crippen molar-refractivity contribution >= 4 is 5.71 Å². The molecule has 0 saturated heterocycles. The number of nitrogens with zero attached hydrogens (tertiary/aromatic N) is 5. The number of benzene rings is 1. The van der Waals surface area contributed by atoms with Crippen molar-refractivity contribution in [2.75, 3.05) is 0 Å². The van der Waals surface area contributed by atoms with Crippen LogP contribution in [0.3, 0.4) is 0 Å². The van der Waals surface area contributed by atoms with Gasteiger partial charge in [-0.05, 0) is 36.4 Å². The summed E-state index contributed by atoms with van der Waals surface area (Å²) in [5, 5.41) is 11.0. The molecule has 0 spiro atoms. The van der Waals surface area contributed by atoms with E-state index in [0.717, 1.165) is 9.36 Å². The van der Waals surface area contributed by atoms with E-state index in [-0.39, 0.29) is 23.6 Å². The average molecular weight is 327 g/mol. The number of alkyl halides is 2. The minimum absolute atomic E-state index is 0.126. The molecule has 0 saturated carbocycles. The molecule has 10 heteroatoms. The number of hydrogen-bond donors (Lipinski definition) is 0. The molecule has 124 valence electrons. The van der Waals surface area contributed by atoms with Gasteiger partial charge in [0, 0.05) is 7.05 Å². The summed E-state index contributed by atoms with van der Waals surface area (Å²) in [5.74, 6) is -0.126. The van der Waals surface area contributed by atoms with Gasteiger partial charge < -0.3 is 9.57 Å². The van der Waals surface area contributed by atoms with Crippen LogP contribution in [0.5, 0.6) is 5.75 Å². The van der Waals surface area contributed by atoms with Crippen molar-refractivity contribution in [3.8, 4) is 11.4 Å². The zero-order valence-electron chi connectivity index (χ0n) is 12.7. The molecule has 0 aliphatic rings. The second kappa shape index (κ2) is 6.99. The van der Waals surface area contributed by atoms with E-state index in [0.29, 0.717) is 5.71 Å². The van der Waals surface area contributed by atoms with Crippen molar-refractivity contribution in [1.29, 1.82) is 0 Å². The van der Waals surface area contributed by atoms with Crippen molar-refractivity contribution in [1.82, 2.24) is 19.8 Å². The van der Waals surface area contributed by atoms with Gasteiger partial charge in [-0.1, -0.05) is 11.2 Å². The van der Waals surface area contributed by atoms with Gasteiger partial charge in [-0.15, -0.1) is 0 Å². The Morgan fingerprint density at radius 1 is 1.35 bits per heavy atom. The molecule has 0 bridgehead atoms. The van der Waals surface area contributed by atoms with Gasteiger partial charge in [0.25, 0.3) is 0 Å². The molecule has 0 N–H and O–H groups in total. The molecule has 1 heterocycles. The van der Waals surface area contributed by atoms with Crippen LogP contribution in [-0.4, -0.2) is 32.1 Å². The number of rotatable bonds is 6. The molecular formula is C13H15F2N5O3. The Morgan fingerprint density at radius 2 is 2.09 bits per heavy atom. The third-order valence-corrected chi connectivity index (χ3v) is 2.73. The first-order valence-corrected chi connectivity index (χ1v) is 6.59. The topological polar surface area (TPSA) is 83.5 Å². The van der Waals surface area contributed by atoms with Gasteiger partial charge in [-0.2, -0.15) is 18.1 Å². The second-order valence-corrected chi connectivity index (χ2v) is 4.74. The minimum atomic E-state index is -3.01. The Bertz CT molecular complexity index is 765. The van der Waals surface area contributed by atoms with Crippen LogP contribution in [0.25, 0.3) is 5.69 Å². The molecule has 0 amide bonds. The van der Waals surface area contributed by atoms with E-state index in [2.05, 4.69) is 20.3 Å². The van der Waals surface area contributed by atoms with Gasteiger partial charge in [0.2, 0.25) is 0 Å². The molecule has 2 aromatic rings. The smallest absolute Gasteiger partial charge is 0.387 e. The fourth-order valence-corrected chi connectivity index (χ4v) is 1.79. The fourth-order valence-electron chi connectivity index (χ4n) is 1.79. The number of tetrazole rings is 1. The Balaban J connectivity index is 2.50. The van der Waals surface area contributed by atoms with Crippen LogP contribution in [-0.2, 0) is 18.5 Å². The van der Waals surface area contributed by atoms with Crippen LogP contribution in [0.2, 0.25) is 0 Å². The lowest BCUT2D eigenvalue weighted by Crippen LogP contribution is -2.23. The van der Waals surface area contributed by atoms with Gasteiger partial charge in [0.05, 0.1) is 17.0 Å². The van der Waals surface area contributed by atoms with Gasteiger partial charge in [-0.3, -0.25) is 0 Å². The lowest BCUT2D eigenvalue weighted by Gasteiger charge is -2.13. The summed E-state index contributed by atoms with van der Waals surface area (Å²) >= 11 is 0. The molecule has 0 aliphatic heterocycles. The molecule has 0 unspecified atom stereocenters. The maximum Gasteiger partial charge on any atom is 0.387 e. The summed E-state index contributed by atoms with van der Waals surface area (Å²) in [7, 11) is 1.42. The maximum atomic E-state index is 12.6. The van der Waals surface area contributed by atoms with E-state index in [9.17, 15) is 13.6 Å². The van der Waals surface area contributed by atoms with Crippen molar-refractivity contribution in [3.63, 3.8) is 0 Å². The lowest BCUT2D eigenvalue weighted by molar-refractivity contribution is -0.0513. The van der Waals surface area contributed by atoms with Gasteiger partial charge in [0.1, 0.15) is 12.4 Å². The SMILES string of the molecule is CC(C)=NOCc1c(OC(F)F)cccc1-n1nnn(C)c1=O. The quantitative estimate of drug-likeness (QED) is 0.593. The number of aromatic nitrogens is 4. The zero-order valence-corrected chi connectivity index (χ0v) is 12.7. The zero-order chi connectivity index (χ0) is 17.0. The molecule has 2 rings (SSSR count). The summed E-state index contributed by atoms with van der Waals surface area (Å²) in [6.07, 6.45) is 0. The van der Waals surface area contributed by atoms with E-state index in [1.807, 2.05) is 0 Å². The van der Waals surface area contributed by atoms with E-state index in [4.69, 9.17) is 4.84 Å². The van der Waals surface area contributed by atoms with Crippen molar-refractivity contribution < 1.29 is 18.4 Å². The summed E-state index contributed by atoms with van der Waals surface area (Å²) < 4.78 is 31.6. The van der Waals surface area contributed by atoms with E-state index in [1.54, 1.807) is 13.8 Å². The first kappa shape index (κ1) is 16.6. The largest absolute Gasteiger partial charge is 0.434 e. The normalized spacial score (nSPS) is 10.7. The number of ether oxygens (including phenoxy) is 1. The van der Waals surface area contributed by atoms with Crippen LogP contribution in [0.4, 0.5) is 8.78 Å². The highest BCUT2D eigenvalue weighted by molar-refractivity contribution is 5.78. The highest BCUT2D eigenvalue weighted by atomic mass is 19.3. The first-order chi connectivity index (χ1) is 10.9. The van der Waals surface area contributed by atoms with Gasteiger partial charge >= 0.3 is 12.3 Å². The van der Waals surface area contributed by atoms with Crippen molar-refractivity contribution in [3.05, 3.63) is 34.2 Å². The average Bonchev–Trinajstić information content (AvgIpc) is 2.79. The maximum absolute atomic E-state index is 12.6.